The van der Waals surface area contributed by atoms with Crippen molar-refractivity contribution in [2.45, 2.75) is 37.0 Å². The lowest BCUT2D eigenvalue weighted by Crippen LogP contribution is -2.50. The average Bonchev–Trinajstić information content (AvgIpc) is 3.53. The fraction of sp³-hybridized carbons (Fsp3) is 0.458. The summed E-state index contributed by atoms with van der Waals surface area (Å²) in [6.07, 6.45) is 5.93. The number of sulfone groups is 1. The van der Waals surface area contributed by atoms with Crippen molar-refractivity contribution in [3.8, 4) is 16.6 Å². The van der Waals surface area contributed by atoms with Crippen LogP contribution in [0.25, 0.3) is 21.7 Å². The fourth-order valence-electron chi connectivity index (χ4n) is 5.02. The van der Waals surface area contributed by atoms with Crippen molar-refractivity contribution < 1.29 is 17.7 Å². The minimum absolute atomic E-state index is 0.174. The molecule has 5 heterocycles. The average molecular weight is 529 g/mol. The smallest absolute Gasteiger partial charge is 0.275 e. The number of piperidine rings is 1. The largest absolute Gasteiger partial charge is 0.470 e. The van der Waals surface area contributed by atoms with Crippen LogP contribution in [0, 0.1) is 11.8 Å². The maximum absolute atomic E-state index is 11.7. The predicted molar refractivity (Wildman–Crippen MR) is 136 cm³/mol. The summed E-state index contributed by atoms with van der Waals surface area (Å²) in [6, 6.07) is 6.89. The molecule has 0 aromatic carbocycles. The van der Waals surface area contributed by atoms with Gasteiger partial charge in [0.2, 0.25) is 0 Å². The lowest BCUT2D eigenvalue weighted by Gasteiger charge is -2.44. The second-order valence-corrected chi connectivity index (χ2v) is 12.4. The van der Waals surface area contributed by atoms with Gasteiger partial charge in [0.15, 0.2) is 15.6 Å². The fourth-order valence-corrected chi connectivity index (χ4v) is 6.40. The molecular formula is C24H28N6O4S2. The van der Waals surface area contributed by atoms with Crippen LogP contribution in [0.15, 0.2) is 46.1 Å². The molecule has 12 heteroatoms. The normalized spacial score (nSPS) is 20.7. The van der Waals surface area contributed by atoms with E-state index in [0.717, 1.165) is 48.3 Å². The van der Waals surface area contributed by atoms with Gasteiger partial charge >= 0.3 is 0 Å². The molecule has 5 rings (SSSR count). The Hall–Kier alpha value is -2.96. The lowest BCUT2D eigenvalue weighted by molar-refractivity contribution is 0.0902. The van der Waals surface area contributed by atoms with E-state index in [-0.39, 0.29) is 10.3 Å². The number of rotatable bonds is 8. The molecule has 1 aliphatic rings. The molecule has 4 aromatic rings. The topological polar surface area (TPSA) is 133 Å². The second kappa shape index (κ2) is 9.83. The molecule has 1 N–H and O–H groups in total. The van der Waals surface area contributed by atoms with E-state index in [1.807, 2.05) is 12.1 Å². The number of aromatic nitrogens is 5. The summed E-state index contributed by atoms with van der Waals surface area (Å²) in [6.45, 7) is 6.75. The molecule has 0 spiro atoms. The molecule has 1 aliphatic heterocycles. The minimum atomic E-state index is -3.30. The van der Waals surface area contributed by atoms with Gasteiger partial charge in [-0.1, -0.05) is 25.2 Å². The molecular weight excluding hydrogens is 500 g/mol. The van der Waals surface area contributed by atoms with E-state index in [1.165, 1.54) is 23.6 Å². The molecule has 0 aliphatic carbocycles. The second-order valence-electron chi connectivity index (χ2n) is 9.49. The lowest BCUT2D eigenvalue weighted by atomic mass is 9.63. The van der Waals surface area contributed by atoms with Crippen molar-refractivity contribution in [2.24, 2.45) is 11.8 Å². The number of hydrogen-bond donors (Lipinski definition) is 1. The zero-order chi connectivity index (χ0) is 25.3. The maximum atomic E-state index is 11.7. The molecule has 2 atom stereocenters. The number of ether oxygens (including phenoxy) is 1. The highest BCUT2D eigenvalue weighted by Gasteiger charge is 2.46. The number of pyridine rings is 2. The summed E-state index contributed by atoms with van der Waals surface area (Å²) >= 11 is 1.38. The third kappa shape index (κ3) is 4.84. The molecule has 0 amide bonds. The van der Waals surface area contributed by atoms with Gasteiger partial charge in [-0.05, 0) is 62.0 Å². The highest BCUT2D eigenvalue weighted by atomic mass is 32.2. The number of hydrogen-bond acceptors (Lipinski definition) is 11. The number of fused-ring (bicyclic) bond motifs is 1. The Morgan fingerprint density at radius 1 is 1.19 bits per heavy atom. The Morgan fingerprint density at radius 2 is 2.03 bits per heavy atom. The molecule has 0 bridgehead atoms. The molecule has 190 valence electrons. The minimum Gasteiger partial charge on any atom is -0.470 e. The quantitative estimate of drug-likeness (QED) is 0.362. The maximum Gasteiger partial charge on any atom is 0.275 e. The van der Waals surface area contributed by atoms with Crippen LogP contribution >= 0.6 is 11.3 Å². The van der Waals surface area contributed by atoms with Crippen molar-refractivity contribution in [2.75, 3.05) is 26.0 Å². The molecule has 4 aromatic heterocycles. The number of nitrogens with one attached hydrogen (secondary N) is 1. The third-order valence-electron chi connectivity index (χ3n) is 6.92. The molecule has 10 nitrogen and oxygen atoms in total. The summed E-state index contributed by atoms with van der Waals surface area (Å²) in [5.74, 6) is 1.63. The van der Waals surface area contributed by atoms with Crippen LogP contribution in [0.3, 0.4) is 0 Å². The number of thiazole rings is 1. The summed E-state index contributed by atoms with van der Waals surface area (Å²) < 4.78 is 35.1. The van der Waals surface area contributed by atoms with Crippen LogP contribution in [0.5, 0.6) is 5.19 Å². The first-order valence-corrected chi connectivity index (χ1v) is 14.5. The first-order valence-electron chi connectivity index (χ1n) is 11.8. The van der Waals surface area contributed by atoms with Crippen LogP contribution in [0.2, 0.25) is 0 Å². The Kier molecular flexibility index (Phi) is 6.75. The Labute approximate surface area is 213 Å². The van der Waals surface area contributed by atoms with Crippen LogP contribution in [-0.2, 0) is 15.3 Å². The zero-order valence-electron chi connectivity index (χ0n) is 20.3. The van der Waals surface area contributed by atoms with E-state index in [9.17, 15) is 8.42 Å². The monoisotopic (exact) mass is 528 g/mol. The Bertz CT molecular complexity index is 1440. The van der Waals surface area contributed by atoms with Gasteiger partial charge in [0.1, 0.15) is 10.3 Å². The van der Waals surface area contributed by atoms with Gasteiger partial charge < -0.3 is 14.6 Å². The van der Waals surface area contributed by atoms with Crippen molar-refractivity contribution in [1.82, 2.24) is 30.6 Å². The predicted octanol–water partition coefficient (Wildman–Crippen LogP) is 3.51. The van der Waals surface area contributed by atoms with E-state index in [1.54, 1.807) is 12.3 Å². The van der Waals surface area contributed by atoms with E-state index < -0.39 is 9.84 Å². The van der Waals surface area contributed by atoms with E-state index in [4.69, 9.17) is 9.26 Å². The van der Waals surface area contributed by atoms with E-state index in [2.05, 4.69) is 44.5 Å². The summed E-state index contributed by atoms with van der Waals surface area (Å²) in [5.41, 5.74) is 1.77. The molecule has 2 unspecified atom stereocenters. The van der Waals surface area contributed by atoms with Crippen LogP contribution in [-0.4, -0.2) is 59.7 Å². The molecule has 0 saturated carbocycles. The molecule has 1 fully saturated rings. The van der Waals surface area contributed by atoms with Gasteiger partial charge in [-0.25, -0.2) is 18.4 Å². The van der Waals surface area contributed by atoms with Crippen molar-refractivity contribution in [3.05, 3.63) is 42.4 Å². The number of nitrogens with zero attached hydrogens (tertiary/aromatic N) is 5. The zero-order valence-corrected chi connectivity index (χ0v) is 22.0. The highest BCUT2D eigenvalue weighted by Crippen LogP contribution is 2.44. The van der Waals surface area contributed by atoms with Gasteiger partial charge in [0, 0.05) is 23.1 Å². The van der Waals surface area contributed by atoms with Crippen molar-refractivity contribution in [1.29, 1.82) is 0 Å². The van der Waals surface area contributed by atoms with Crippen LogP contribution in [0.1, 0.15) is 32.4 Å². The third-order valence-corrected chi connectivity index (χ3v) is 8.89. The van der Waals surface area contributed by atoms with Crippen molar-refractivity contribution in [3.63, 3.8) is 0 Å². The Balaban J connectivity index is 1.33. The summed E-state index contributed by atoms with van der Waals surface area (Å²) in [4.78, 5) is 14.4. The highest BCUT2D eigenvalue weighted by molar-refractivity contribution is 7.90. The van der Waals surface area contributed by atoms with E-state index in [0.29, 0.717) is 35.0 Å². The summed E-state index contributed by atoms with van der Waals surface area (Å²) in [5, 5.41) is 11.8. The van der Waals surface area contributed by atoms with Gasteiger partial charge in [0.25, 0.3) is 5.19 Å². The van der Waals surface area contributed by atoms with Crippen molar-refractivity contribution >= 4 is 31.5 Å². The van der Waals surface area contributed by atoms with Gasteiger partial charge in [-0.2, -0.15) is 0 Å². The van der Waals surface area contributed by atoms with Crippen LogP contribution < -0.4 is 10.1 Å². The standard InChI is InChI=1S/C24H28N6O4S2/c1-15(2)17-13-25-10-8-24(17,21-14-27-30-34-21)9-11-33-23-29-20-7-6-19(28-22(20)35-23)18-5-4-16(12-26-18)36(3,31)32/h4-7,12,14-15,17,25H,8-11,13H2,1-3H3. The van der Waals surface area contributed by atoms with Gasteiger partial charge in [0.05, 0.1) is 29.1 Å². The first-order chi connectivity index (χ1) is 17.3. The first kappa shape index (κ1) is 24.7. The Morgan fingerprint density at radius 3 is 2.72 bits per heavy atom. The molecule has 1 saturated heterocycles. The molecule has 36 heavy (non-hydrogen) atoms. The van der Waals surface area contributed by atoms with Gasteiger partial charge in [-0.15, -0.1) is 5.10 Å². The van der Waals surface area contributed by atoms with E-state index >= 15 is 0 Å². The van der Waals surface area contributed by atoms with Gasteiger partial charge in [-0.3, -0.25) is 4.98 Å². The molecule has 0 radical (unpaired) electrons. The SMILES string of the molecule is CC(C)C1CNCCC1(CCOc1nc2ccc(-c3ccc(S(C)(=O)=O)cn3)nc2s1)c1cnno1. The van der Waals surface area contributed by atoms with Crippen LogP contribution in [0.4, 0.5) is 0 Å². The summed E-state index contributed by atoms with van der Waals surface area (Å²) in [7, 11) is -3.30.